The molecule has 4 rings (SSSR count). The van der Waals surface area contributed by atoms with Crippen molar-refractivity contribution >= 4 is 62.8 Å². The summed E-state index contributed by atoms with van der Waals surface area (Å²) in [5.41, 5.74) is 2.48. The first-order valence-electron chi connectivity index (χ1n) is 7.99. The molecule has 132 valence electrons. The number of anilines is 1. The molecule has 7 heteroatoms. The van der Waals surface area contributed by atoms with Gasteiger partial charge in [0.1, 0.15) is 0 Å². The Labute approximate surface area is 164 Å². The minimum Gasteiger partial charge on any atom is -0.478 e. The van der Waals surface area contributed by atoms with Crippen molar-refractivity contribution in [2.75, 3.05) is 4.90 Å². The third-order valence-corrected chi connectivity index (χ3v) is 5.39. The van der Waals surface area contributed by atoms with Gasteiger partial charge in [0, 0.05) is 11.6 Å². The van der Waals surface area contributed by atoms with Crippen LogP contribution in [0.1, 0.15) is 15.9 Å². The number of rotatable bonds is 3. The predicted octanol–water partition coefficient (Wildman–Crippen LogP) is 4.34. The fourth-order valence-electron chi connectivity index (χ4n) is 2.78. The number of aromatic carboxylic acids is 1. The van der Waals surface area contributed by atoms with Crippen molar-refractivity contribution in [2.45, 2.75) is 0 Å². The Balaban J connectivity index is 1.65. The normalized spacial score (nSPS) is 15.7. The highest BCUT2D eigenvalue weighted by atomic mass is 32.2. The second-order valence-corrected chi connectivity index (χ2v) is 7.50. The molecule has 1 fully saturated rings. The number of pyridine rings is 1. The molecule has 1 aliphatic heterocycles. The first-order chi connectivity index (χ1) is 13.0. The van der Waals surface area contributed by atoms with Crippen LogP contribution in [0.5, 0.6) is 0 Å². The Morgan fingerprint density at radius 2 is 1.93 bits per heavy atom. The number of thiocarbonyl (C=S) groups is 1. The van der Waals surface area contributed by atoms with E-state index in [-0.39, 0.29) is 11.5 Å². The number of nitrogens with zero attached hydrogens (tertiary/aromatic N) is 2. The van der Waals surface area contributed by atoms with Gasteiger partial charge in [0.15, 0.2) is 4.32 Å². The molecule has 2 aromatic carbocycles. The third kappa shape index (κ3) is 3.34. The number of carbonyl (C=O) groups excluding carboxylic acids is 1. The largest absolute Gasteiger partial charge is 0.478 e. The summed E-state index contributed by atoms with van der Waals surface area (Å²) >= 11 is 6.58. The van der Waals surface area contributed by atoms with Gasteiger partial charge in [-0.3, -0.25) is 14.7 Å². The molecular formula is C20H12N2O3S2. The van der Waals surface area contributed by atoms with E-state index in [2.05, 4.69) is 4.98 Å². The van der Waals surface area contributed by atoms with Gasteiger partial charge in [-0.1, -0.05) is 36.1 Å². The average molecular weight is 392 g/mol. The summed E-state index contributed by atoms with van der Waals surface area (Å²) in [5, 5.41) is 9.99. The van der Waals surface area contributed by atoms with E-state index in [1.54, 1.807) is 24.4 Å². The van der Waals surface area contributed by atoms with E-state index in [0.29, 0.717) is 14.9 Å². The third-order valence-electron chi connectivity index (χ3n) is 4.09. The van der Waals surface area contributed by atoms with Gasteiger partial charge in [-0.05, 0) is 54.1 Å². The number of hydrogen-bond donors (Lipinski definition) is 1. The minimum absolute atomic E-state index is 0.157. The number of carbonyl (C=O) groups is 2. The van der Waals surface area contributed by atoms with E-state index in [1.165, 1.54) is 28.8 Å². The Morgan fingerprint density at radius 3 is 2.67 bits per heavy atom. The van der Waals surface area contributed by atoms with Crippen molar-refractivity contribution in [1.29, 1.82) is 0 Å². The van der Waals surface area contributed by atoms with Gasteiger partial charge in [-0.25, -0.2) is 4.79 Å². The van der Waals surface area contributed by atoms with Gasteiger partial charge in [-0.2, -0.15) is 0 Å². The second-order valence-electron chi connectivity index (χ2n) is 5.82. The summed E-state index contributed by atoms with van der Waals surface area (Å²) < 4.78 is 0.414. The van der Waals surface area contributed by atoms with Crippen LogP contribution in [0, 0.1) is 0 Å². The number of carboxylic acids is 1. The Kier molecular flexibility index (Phi) is 4.47. The zero-order chi connectivity index (χ0) is 19.0. The Hall–Kier alpha value is -3.03. The number of aromatic nitrogens is 1. The molecule has 0 radical (unpaired) electrons. The molecule has 0 bridgehead atoms. The van der Waals surface area contributed by atoms with Crippen LogP contribution in [0.15, 0.2) is 65.7 Å². The lowest BCUT2D eigenvalue weighted by Gasteiger charge is -2.14. The van der Waals surface area contributed by atoms with E-state index in [1.807, 2.05) is 30.3 Å². The smallest absolute Gasteiger partial charge is 0.335 e. The van der Waals surface area contributed by atoms with E-state index in [0.717, 1.165) is 16.5 Å². The quantitative estimate of drug-likeness (QED) is 0.528. The van der Waals surface area contributed by atoms with Gasteiger partial charge in [0.2, 0.25) is 0 Å². The number of amides is 1. The summed E-state index contributed by atoms with van der Waals surface area (Å²) in [7, 11) is 0. The van der Waals surface area contributed by atoms with Crippen LogP contribution in [0.2, 0.25) is 0 Å². The van der Waals surface area contributed by atoms with Crippen LogP contribution in [0.3, 0.4) is 0 Å². The van der Waals surface area contributed by atoms with E-state index >= 15 is 0 Å². The van der Waals surface area contributed by atoms with Gasteiger partial charge < -0.3 is 5.11 Å². The van der Waals surface area contributed by atoms with Crippen molar-refractivity contribution in [3.05, 3.63) is 76.8 Å². The fraction of sp³-hybridized carbons (Fsp3) is 0. The minimum atomic E-state index is -1.02. The first-order valence-corrected chi connectivity index (χ1v) is 9.21. The monoisotopic (exact) mass is 392 g/mol. The van der Waals surface area contributed by atoms with Gasteiger partial charge in [0.05, 0.1) is 21.7 Å². The standard InChI is InChI=1S/C20H12N2O3S2/c23-18-17(11-12-3-8-16-14(10-12)2-1-9-21-16)27-20(26)22(18)15-6-4-13(5-7-15)19(24)25/h1-11H,(H,24,25)/b17-11-. The number of thioether (sulfide) groups is 1. The SMILES string of the molecule is O=C(O)c1ccc(N2C(=O)/C(=C/c3ccc4ncccc4c3)SC2=S)cc1. The Morgan fingerprint density at radius 1 is 1.15 bits per heavy atom. The molecule has 1 amide bonds. The molecule has 1 N–H and O–H groups in total. The molecule has 3 aromatic rings. The summed E-state index contributed by atoms with van der Waals surface area (Å²) in [6.07, 6.45) is 3.54. The molecule has 5 nitrogen and oxygen atoms in total. The first kappa shape index (κ1) is 17.4. The molecule has 0 unspecified atom stereocenters. The lowest BCUT2D eigenvalue weighted by molar-refractivity contribution is -0.113. The Bertz CT molecular complexity index is 1120. The molecule has 0 aliphatic carbocycles. The highest BCUT2D eigenvalue weighted by Gasteiger charge is 2.33. The average Bonchev–Trinajstić information content (AvgIpc) is 2.95. The molecule has 2 heterocycles. The van der Waals surface area contributed by atoms with Gasteiger partial charge >= 0.3 is 5.97 Å². The number of fused-ring (bicyclic) bond motifs is 1. The molecule has 1 saturated heterocycles. The highest BCUT2D eigenvalue weighted by molar-refractivity contribution is 8.27. The zero-order valence-corrected chi connectivity index (χ0v) is 15.5. The van der Waals surface area contributed by atoms with Gasteiger partial charge in [0.25, 0.3) is 5.91 Å². The maximum absolute atomic E-state index is 12.8. The summed E-state index contributed by atoms with van der Waals surface area (Å²) in [5.74, 6) is -1.24. The van der Waals surface area contributed by atoms with Crippen molar-refractivity contribution in [3.63, 3.8) is 0 Å². The molecular weight excluding hydrogens is 380 g/mol. The van der Waals surface area contributed by atoms with Crippen LogP contribution in [-0.2, 0) is 4.79 Å². The fourth-order valence-corrected chi connectivity index (χ4v) is 4.08. The molecule has 0 saturated carbocycles. The summed E-state index contributed by atoms with van der Waals surface area (Å²) in [4.78, 5) is 30.0. The zero-order valence-electron chi connectivity index (χ0n) is 13.8. The number of hydrogen-bond acceptors (Lipinski definition) is 5. The maximum atomic E-state index is 12.8. The predicted molar refractivity (Wildman–Crippen MR) is 111 cm³/mol. The lowest BCUT2D eigenvalue weighted by atomic mass is 10.1. The summed E-state index contributed by atoms with van der Waals surface area (Å²) in [6.45, 7) is 0. The summed E-state index contributed by atoms with van der Waals surface area (Å²) in [6, 6.07) is 15.7. The number of carboxylic acid groups (broad SMARTS) is 1. The highest BCUT2D eigenvalue weighted by Crippen LogP contribution is 2.36. The van der Waals surface area contributed by atoms with E-state index in [4.69, 9.17) is 17.3 Å². The van der Waals surface area contributed by atoms with Gasteiger partial charge in [-0.15, -0.1) is 0 Å². The molecule has 1 aromatic heterocycles. The van der Waals surface area contributed by atoms with Crippen molar-refractivity contribution < 1.29 is 14.7 Å². The van der Waals surface area contributed by atoms with Crippen LogP contribution < -0.4 is 4.90 Å². The molecule has 27 heavy (non-hydrogen) atoms. The molecule has 0 atom stereocenters. The lowest BCUT2D eigenvalue weighted by Crippen LogP contribution is -2.27. The van der Waals surface area contributed by atoms with E-state index < -0.39 is 5.97 Å². The van der Waals surface area contributed by atoms with Crippen LogP contribution in [0.4, 0.5) is 5.69 Å². The van der Waals surface area contributed by atoms with Crippen LogP contribution in [-0.4, -0.2) is 26.3 Å². The maximum Gasteiger partial charge on any atom is 0.335 e. The van der Waals surface area contributed by atoms with Crippen LogP contribution in [0.25, 0.3) is 17.0 Å². The van der Waals surface area contributed by atoms with Crippen molar-refractivity contribution in [1.82, 2.24) is 4.98 Å². The topological polar surface area (TPSA) is 70.5 Å². The number of benzene rings is 2. The van der Waals surface area contributed by atoms with Crippen molar-refractivity contribution in [3.8, 4) is 0 Å². The molecule has 1 aliphatic rings. The van der Waals surface area contributed by atoms with E-state index in [9.17, 15) is 9.59 Å². The van der Waals surface area contributed by atoms with Crippen LogP contribution >= 0.6 is 24.0 Å². The second kappa shape index (κ2) is 6.94. The molecule has 0 spiro atoms. The van der Waals surface area contributed by atoms with Crippen molar-refractivity contribution in [2.24, 2.45) is 0 Å².